The summed E-state index contributed by atoms with van der Waals surface area (Å²) in [6.07, 6.45) is 2.26. The second-order valence-electron chi connectivity index (χ2n) is 3.54. The zero-order valence-corrected chi connectivity index (χ0v) is 11.6. The Balaban J connectivity index is 2.17. The van der Waals surface area contributed by atoms with Gasteiger partial charge in [0.05, 0.1) is 18.0 Å². The van der Waals surface area contributed by atoms with Crippen molar-refractivity contribution in [3.8, 4) is 0 Å². The van der Waals surface area contributed by atoms with E-state index in [-0.39, 0.29) is 10.9 Å². The van der Waals surface area contributed by atoms with Gasteiger partial charge < -0.3 is 4.18 Å². The Morgan fingerprint density at radius 2 is 1.47 bits per heavy atom. The fourth-order valence-corrected chi connectivity index (χ4v) is 3.38. The van der Waals surface area contributed by atoms with E-state index in [1.807, 2.05) is 0 Å². The summed E-state index contributed by atoms with van der Waals surface area (Å²) in [4.78, 5) is 3.87. The molecule has 0 heterocycles. The lowest BCUT2D eigenvalue weighted by atomic mass is 10.4. The summed E-state index contributed by atoms with van der Waals surface area (Å²) < 4.78 is 5.03. The van der Waals surface area contributed by atoms with E-state index in [0.29, 0.717) is 0 Å². The van der Waals surface area contributed by atoms with Gasteiger partial charge in [0.25, 0.3) is 0 Å². The average molecular weight is 263 g/mol. The quantitative estimate of drug-likeness (QED) is 0.609. The maximum absolute atomic E-state index is 5.03. The van der Waals surface area contributed by atoms with Crippen molar-refractivity contribution in [1.82, 2.24) is 0 Å². The molecule has 1 unspecified atom stereocenters. The van der Waals surface area contributed by atoms with Crippen molar-refractivity contribution < 1.29 is 4.18 Å². The first-order chi connectivity index (χ1) is 8.31. The third kappa shape index (κ3) is 3.28. The SMILES string of the molecule is COSc1ccc([S+](C)c2ccccc2)cc1. The summed E-state index contributed by atoms with van der Waals surface area (Å²) >= 11 is 1.39. The molecule has 0 N–H and O–H groups in total. The lowest BCUT2D eigenvalue weighted by Gasteiger charge is -2.03. The van der Waals surface area contributed by atoms with E-state index in [2.05, 4.69) is 60.9 Å². The van der Waals surface area contributed by atoms with Crippen LogP contribution in [-0.2, 0) is 15.1 Å². The van der Waals surface area contributed by atoms with Crippen LogP contribution in [0.25, 0.3) is 0 Å². The summed E-state index contributed by atoms with van der Waals surface area (Å²) in [5.41, 5.74) is 0. The van der Waals surface area contributed by atoms with Crippen molar-refractivity contribution >= 4 is 22.9 Å². The molecule has 0 aliphatic heterocycles. The highest BCUT2D eigenvalue weighted by atomic mass is 32.2. The van der Waals surface area contributed by atoms with Crippen LogP contribution in [0.1, 0.15) is 0 Å². The Kier molecular flexibility index (Phi) is 4.54. The Hall–Kier alpha value is -0.900. The second-order valence-corrected chi connectivity index (χ2v) is 6.48. The van der Waals surface area contributed by atoms with E-state index >= 15 is 0 Å². The maximum atomic E-state index is 5.03. The van der Waals surface area contributed by atoms with Gasteiger partial charge in [-0.3, -0.25) is 0 Å². The van der Waals surface area contributed by atoms with E-state index in [4.69, 9.17) is 4.18 Å². The molecule has 0 fully saturated rings. The highest BCUT2D eigenvalue weighted by Gasteiger charge is 2.18. The number of rotatable bonds is 4. The predicted molar refractivity (Wildman–Crippen MR) is 75.6 cm³/mol. The Morgan fingerprint density at radius 3 is 2.06 bits per heavy atom. The molecule has 0 aliphatic rings. The standard InChI is InChI=1S/C14H15OS2/c1-15-16-12-8-10-14(11-9-12)17(2)13-6-4-3-5-7-13/h3-11H,1-2H3/q+1. The van der Waals surface area contributed by atoms with Crippen molar-refractivity contribution in [1.29, 1.82) is 0 Å². The number of benzene rings is 2. The lowest BCUT2D eigenvalue weighted by Crippen LogP contribution is -1.99. The smallest absolute Gasteiger partial charge is 0.160 e. The summed E-state index contributed by atoms with van der Waals surface area (Å²) in [7, 11) is 1.83. The molecule has 17 heavy (non-hydrogen) atoms. The summed E-state index contributed by atoms with van der Waals surface area (Å²) in [6, 6.07) is 19.2. The normalized spacial score (nSPS) is 12.4. The van der Waals surface area contributed by atoms with Crippen LogP contribution < -0.4 is 0 Å². The fourth-order valence-electron chi connectivity index (χ4n) is 1.56. The van der Waals surface area contributed by atoms with Gasteiger partial charge in [0, 0.05) is 16.9 Å². The first-order valence-corrected chi connectivity index (χ1v) is 7.70. The van der Waals surface area contributed by atoms with Crippen LogP contribution in [0.4, 0.5) is 0 Å². The molecular formula is C14H15OS2+. The van der Waals surface area contributed by atoms with Gasteiger partial charge in [-0.25, -0.2) is 0 Å². The van der Waals surface area contributed by atoms with Gasteiger partial charge in [0.2, 0.25) is 0 Å². The minimum absolute atomic E-state index is 0.141. The minimum Gasteiger partial charge on any atom is -0.314 e. The first kappa shape index (κ1) is 12.6. The van der Waals surface area contributed by atoms with E-state index in [1.165, 1.54) is 21.8 Å². The molecule has 0 aliphatic carbocycles. The number of hydrogen-bond acceptors (Lipinski definition) is 2. The Labute approximate surface area is 110 Å². The van der Waals surface area contributed by atoms with E-state index in [0.717, 1.165) is 4.90 Å². The Morgan fingerprint density at radius 1 is 0.882 bits per heavy atom. The van der Waals surface area contributed by atoms with Crippen molar-refractivity contribution in [2.24, 2.45) is 0 Å². The lowest BCUT2D eigenvalue weighted by molar-refractivity contribution is 0.490. The summed E-state index contributed by atoms with van der Waals surface area (Å²) in [6.45, 7) is 0. The van der Waals surface area contributed by atoms with Crippen molar-refractivity contribution in [3.05, 3.63) is 54.6 Å². The van der Waals surface area contributed by atoms with Gasteiger partial charge in [-0.1, -0.05) is 18.2 Å². The maximum Gasteiger partial charge on any atom is 0.160 e. The molecule has 0 bridgehead atoms. The van der Waals surface area contributed by atoms with Crippen LogP contribution in [0, 0.1) is 0 Å². The third-order valence-corrected chi connectivity index (χ3v) is 5.04. The molecule has 0 saturated carbocycles. The summed E-state index contributed by atoms with van der Waals surface area (Å²) in [5.74, 6) is 0. The van der Waals surface area contributed by atoms with Crippen LogP contribution >= 0.6 is 12.0 Å². The van der Waals surface area contributed by atoms with Gasteiger partial charge in [0.15, 0.2) is 9.79 Å². The fraction of sp³-hybridized carbons (Fsp3) is 0.143. The minimum atomic E-state index is 0.141. The van der Waals surface area contributed by atoms with Crippen LogP contribution in [-0.4, -0.2) is 13.4 Å². The van der Waals surface area contributed by atoms with E-state index in [1.54, 1.807) is 7.11 Å². The van der Waals surface area contributed by atoms with Crippen molar-refractivity contribution in [3.63, 3.8) is 0 Å². The zero-order chi connectivity index (χ0) is 12.1. The molecule has 2 aromatic carbocycles. The molecule has 0 amide bonds. The second kappa shape index (κ2) is 6.15. The van der Waals surface area contributed by atoms with E-state index in [9.17, 15) is 0 Å². The van der Waals surface area contributed by atoms with Crippen LogP contribution in [0.2, 0.25) is 0 Å². The highest BCUT2D eigenvalue weighted by molar-refractivity contribution is 7.96. The van der Waals surface area contributed by atoms with Crippen LogP contribution in [0.5, 0.6) is 0 Å². The van der Waals surface area contributed by atoms with Crippen LogP contribution in [0.3, 0.4) is 0 Å². The number of hydrogen-bond donors (Lipinski definition) is 0. The molecule has 2 rings (SSSR count). The summed E-state index contributed by atoms with van der Waals surface area (Å²) in [5, 5.41) is 0. The van der Waals surface area contributed by atoms with Crippen molar-refractivity contribution in [2.75, 3.05) is 13.4 Å². The van der Waals surface area contributed by atoms with Gasteiger partial charge in [-0.05, 0) is 36.4 Å². The molecule has 1 nitrogen and oxygen atoms in total. The molecule has 0 radical (unpaired) electrons. The van der Waals surface area contributed by atoms with Gasteiger partial charge in [0.1, 0.15) is 6.26 Å². The molecule has 3 heteroatoms. The molecule has 0 aromatic heterocycles. The molecule has 1 atom stereocenters. The topological polar surface area (TPSA) is 9.23 Å². The monoisotopic (exact) mass is 263 g/mol. The molecule has 2 aromatic rings. The molecular weight excluding hydrogens is 248 g/mol. The predicted octanol–water partition coefficient (Wildman–Crippen LogP) is 4.01. The Bertz CT molecular complexity index is 453. The molecule has 88 valence electrons. The van der Waals surface area contributed by atoms with Crippen molar-refractivity contribution in [2.45, 2.75) is 14.7 Å². The van der Waals surface area contributed by atoms with Gasteiger partial charge in [-0.2, -0.15) is 0 Å². The highest BCUT2D eigenvalue weighted by Crippen LogP contribution is 2.24. The van der Waals surface area contributed by atoms with Crippen LogP contribution in [0.15, 0.2) is 69.3 Å². The third-order valence-electron chi connectivity index (χ3n) is 2.45. The average Bonchev–Trinajstić information content (AvgIpc) is 2.40. The van der Waals surface area contributed by atoms with Gasteiger partial charge in [-0.15, -0.1) is 0 Å². The zero-order valence-electron chi connectivity index (χ0n) is 9.92. The van der Waals surface area contributed by atoms with Gasteiger partial charge >= 0.3 is 0 Å². The largest absolute Gasteiger partial charge is 0.314 e. The molecule has 0 saturated heterocycles. The first-order valence-electron chi connectivity index (χ1n) is 5.33. The van der Waals surface area contributed by atoms with E-state index < -0.39 is 0 Å². The molecule has 0 spiro atoms.